The number of alkyl halides is 1. The largest absolute Gasteiger partial charge is 0.462 e. The SMILES string of the molecule is CCOC(=O)c1c(-c2ccccc2Cl)csc1NC(=O)CCl. The molecule has 7 heteroatoms. The number of nitrogens with one attached hydrogen (secondary N) is 1. The lowest BCUT2D eigenvalue weighted by atomic mass is 10.0. The summed E-state index contributed by atoms with van der Waals surface area (Å²) in [6.45, 7) is 1.95. The van der Waals surface area contributed by atoms with E-state index in [0.29, 0.717) is 26.7 Å². The van der Waals surface area contributed by atoms with Crippen molar-refractivity contribution in [2.24, 2.45) is 0 Å². The van der Waals surface area contributed by atoms with Gasteiger partial charge in [-0.1, -0.05) is 29.8 Å². The van der Waals surface area contributed by atoms with E-state index in [1.54, 1.807) is 30.5 Å². The normalized spacial score (nSPS) is 10.3. The number of rotatable bonds is 5. The topological polar surface area (TPSA) is 55.4 Å². The molecule has 0 fully saturated rings. The van der Waals surface area contributed by atoms with Crippen LogP contribution < -0.4 is 5.32 Å². The maximum Gasteiger partial charge on any atom is 0.341 e. The molecule has 1 aromatic heterocycles. The summed E-state index contributed by atoms with van der Waals surface area (Å²) >= 11 is 12.9. The molecule has 1 amide bonds. The summed E-state index contributed by atoms with van der Waals surface area (Å²) in [5.41, 5.74) is 1.62. The molecule has 0 bridgehead atoms. The number of thiophene rings is 1. The Morgan fingerprint density at radius 3 is 2.64 bits per heavy atom. The number of benzene rings is 1. The smallest absolute Gasteiger partial charge is 0.341 e. The number of esters is 1. The molecule has 22 heavy (non-hydrogen) atoms. The van der Waals surface area contributed by atoms with Crippen LogP contribution in [0.25, 0.3) is 11.1 Å². The molecule has 0 saturated carbocycles. The minimum Gasteiger partial charge on any atom is -0.462 e. The van der Waals surface area contributed by atoms with Gasteiger partial charge >= 0.3 is 5.97 Å². The van der Waals surface area contributed by atoms with Crippen LogP contribution in [0.2, 0.25) is 5.02 Å². The fourth-order valence-electron chi connectivity index (χ4n) is 1.89. The maximum atomic E-state index is 12.3. The van der Waals surface area contributed by atoms with Crippen molar-refractivity contribution in [1.82, 2.24) is 0 Å². The molecule has 116 valence electrons. The number of halogens is 2. The molecule has 4 nitrogen and oxygen atoms in total. The summed E-state index contributed by atoms with van der Waals surface area (Å²) < 4.78 is 5.08. The molecule has 0 aliphatic rings. The summed E-state index contributed by atoms with van der Waals surface area (Å²) in [6, 6.07) is 7.17. The first-order chi connectivity index (χ1) is 10.6. The third-order valence-corrected chi connectivity index (χ3v) is 4.28. The molecule has 0 unspecified atom stereocenters. The Balaban J connectivity index is 2.52. The summed E-state index contributed by atoms with van der Waals surface area (Å²) in [7, 11) is 0. The van der Waals surface area contributed by atoms with Crippen molar-refractivity contribution in [3.63, 3.8) is 0 Å². The number of hydrogen-bond acceptors (Lipinski definition) is 4. The molecule has 1 heterocycles. The lowest BCUT2D eigenvalue weighted by Crippen LogP contribution is -2.15. The van der Waals surface area contributed by atoms with Gasteiger partial charge in [0.25, 0.3) is 0 Å². The third-order valence-electron chi connectivity index (χ3n) is 2.81. The fraction of sp³-hybridized carbons (Fsp3) is 0.200. The second kappa shape index (κ2) is 7.63. The van der Waals surface area contributed by atoms with Gasteiger partial charge in [0.1, 0.15) is 16.4 Å². The number of amides is 1. The Morgan fingerprint density at radius 1 is 1.27 bits per heavy atom. The molecule has 0 aliphatic carbocycles. The molecule has 0 radical (unpaired) electrons. The Bertz CT molecular complexity index is 700. The first kappa shape index (κ1) is 16.8. The molecule has 0 aliphatic heterocycles. The molecule has 0 atom stereocenters. The van der Waals surface area contributed by atoms with Gasteiger partial charge in [-0.3, -0.25) is 4.79 Å². The standard InChI is InChI=1S/C15H13Cl2NO3S/c1-2-21-15(20)13-10(9-5-3-4-6-11(9)17)8-22-14(13)18-12(19)7-16/h3-6,8H,2,7H2,1H3,(H,18,19). The van der Waals surface area contributed by atoms with Crippen LogP contribution in [0.1, 0.15) is 17.3 Å². The number of anilines is 1. The highest BCUT2D eigenvalue weighted by molar-refractivity contribution is 7.15. The summed E-state index contributed by atoms with van der Waals surface area (Å²) in [6.07, 6.45) is 0. The summed E-state index contributed by atoms with van der Waals surface area (Å²) in [5, 5.41) is 5.29. The summed E-state index contributed by atoms with van der Waals surface area (Å²) in [4.78, 5) is 23.8. The predicted octanol–water partition coefficient (Wildman–Crippen LogP) is 4.42. The Labute approximate surface area is 142 Å². The van der Waals surface area contributed by atoms with Crippen molar-refractivity contribution in [3.05, 3.63) is 40.2 Å². The van der Waals surface area contributed by atoms with Gasteiger partial charge in [-0.15, -0.1) is 22.9 Å². The number of ether oxygens (including phenoxy) is 1. The van der Waals surface area contributed by atoms with Crippen LogP contribution in [-0.2, 0) is 9.53 Å². The first-order valence-corrected chi connectivity index (χ1v) is 8.27. The molecule has 0 saturated heterocycles. The second-order valence-electron chi connectivity index (χ2n) is 4.24. The van der Waals surface area contributed by atoms with E-state index in [1.165, 1.54) is 11.3 Å². The van der Waals surface area contributed by atoms with E-state index in [0.717, 1.165) is 0 Å². The van der Waals surface area contributed by atoms with Crippen LogP contribution in [0.4, 0.5) is 5.00 Å². The molecule has 1 aromatic carbocycles. The van der Waals surface area contributed by atoms with Crippen LogP contribution >= 0.6 is 34.5 Å². The lowest BCUT2D eigenvalue weighted by Gasteiger charge is -2.09. The number of carbonyl (C=O) groups is 2. The summed E-state index contributed by atoms with van der Waals surface area (Å²) in [5.74, 6) is -1.09. The van der Waals surface area contributed by atoms with Crippen LogP contribution in [0.3, 0.4) is 0 Å². The molecular formula is C15H13Cl2NO3S. The molecule has 0 spiro atoms. The van der Waals surface area contributed by atoms with Crippen LogP contribution in [0, 0.1) is 0 Å². The highest BCUT2D eigenvalue weighted by Crippen LogP contribution is 2.39. The van der Waals surface area contributed by atoms with E-state index in [-0.39, 0.29) is 18.4 Å². The minimum atomic E-state index is -0.511. The lowest BCUT2D eigenvalue weighted by molar-refractivity contribution is -0.113. The Morgan fingerprint density at radius 2 is 2.00 bits per heavy atom. The average molecular weight is 358 g/mol. The van der Waals surface area contributed by atoms with Crippen LogP contribution in [-0.4, -0.2) is 24.4 Å². The van der Waals surface area contributed by atoms with Crippen molar-refractivity contribution in [1.29, 1.82) is 0 Å². The van der Waals surface area contributed by atoms with Gasteiger partial charge in [0, 0.05) is 21.5 Å². The first-order valence-electron chi connectivity index (χ1n) is 6.47. The zero-order valence-corrected chi connectivity index (χ0v) is 14.0. The van der Waals surface area contributed by atoms with Crippen LogP contribution in [0.15, 0.2) is 29.6 Å². The van der Waals surface area contributed by atoms with Gasteiger partial charge in [0.2, 0.25) is 5.91 Å². The van der Waals surface area contributed by atoms with E-state index in [1.807, 2.05) is 6.07 Å². The Hall–Kier alpha value is -1.56. The van der Waals surface area contributed by atoms with Gasteiger partial charge < -0.3 is 10.1 Å². The number of carbonyl (C=O) groups excluding carboxylic acids is 2. The number of hydrogen-bond donors (Lipinski definition) is 1. The van der Waals surface area contributed by atoms with Crippen molar-refractivity contribution >= 4 is 51.4 Å². The maximum absolute atomic E-state index is 12.3. The van der Waals surface area contributed by atoms with Crippen molar-refractivity contribution in [2.75, 3.05) is 17.8 Å². The highest BCUT2D eigenvalue weighted by atomic mass is 35.5. The Kier molecular flexibility index (Phi) is 5.83. The van der Waals surface area contributed by atoms with Crippen molar-refractivity contribution in [2.45, 2.75) is 6.92 Å². The van der Waals surface area contributed by atoms with E-state index >= 15 is 0 Å². The van der Waals surface area contributed by atoms with Gasteiger partial charge in [-0.05, 0) is 13.0 Å². The van der Waals surface area contributed by atoms with E-state index < -0.39 is 5.97 Å². The second-order valence-corrected chi connectivity index (χ2v) is 5.79. The molecule has 2 rings (SSSR count). The zero-order valence-electron chi connectivity index (χ0n) is 11.7. The predicted molar refractivity (Wildman–Crippen MR) is 90.1 cm³/mol. The molecular weight excluding hydrogens is 345 g/mol. The zero-order chi connectivity index (χ0) is 16.1. The van der Waals surface area contributed by atoms with Gasteiger partial charge in [0.05, 0.1) is 6.61 Å². The van der Waals surface area contributed by atoms with Gasteiger partial charge in [0.15, 0.2) is 0 Å². The van der Waals surface area contributed by atoms with Crippen molar-refractivity contribution < 1.29 is 14.3 Å². The fourth-order valence-corrected chi connectivity index (χ4v) is 3.16. The van der Waals surface area contributed by atoms with E-state index in [2.05, 4.69) is 5.32 Å². The quantitative estimate of drug-likeness (QED) is 0.636. The molecule has 2 aromatic rings. The van der Waals surface area contributed by atoms with Gasteiger partial charge in [-0.25, -0.2) is 4.79 Å². The van der Waals surface area contributed by atoms with Crippen molar-refractivity contribution in [3.8, 4) is 11.1 Å². The average Bonchev–Trinajstić information content (AvgIpc) is 2.91. The monoisotopic (exact) mass is 357 g/mol. The highest BCUT2D eigenvalue weighted by Gasteiger charge is 2.23. The van der Waals surface area contributed by atoms with E-state index in [9.17, 15) is 9.59 Å². The minimum absolute atomic E-state index is 0.193. The molecule has 1 N–H and O–H groups in total. The van der Waals surface area contributed by atoms with Crippen LogP contribution in [0.5, 0.6) is 0 Å². The third kappa shape index (κ3) is 3.61. The van der Waals surface area contributed by atoms with E-state index in [4.69, 9.17) is 27.9 Å². The van der Waals surface area contributed by atoms with Gasteiger partial charge in [-0.2, -0.15) is 0 Å².